The van der Waals surface area contributed by atoms with E-state index in [1.54, 1.807) is 16.9 Å². The molecule has 1 aromatic carbocycles. The van der Waals surface area contributed by atoms with Crippen LogP contribution in [0.5, 0.6) is 0 Å². The Bertz CT molecular complexity index is 739. The quantitative estimate of drug-likeness (QED) is 0.677. The summed E-state index contributed by atoms with van der Waals surface area (Å²) < 4.78 is 1.75. The number of hydrogen-bond acceptors (Lipinski definition) is 4. The van der Waals surface area contributed by atoms with Crippen LogP contribution < -0.4 is 5.32 Å². The Kier molecular flexibility index (Phi) is 3.81. The fourth-order valence-corrected chi connectivity index (χ4v) is 2.36. The number of hydrogen-bond donors (Lipinski definition) is 1. The van der Waals surface area contributed by atoms with E-state index in [1.165, 1.54) is 31.0 Å². The van der Waals surface area contributed by atoms with Gasteiger partial charge < -0.3 is 5.32 Å². The molecule has 1 aliphatic rings. The number of rotatable bonds is 5. The number of benzene rings is 1. The van der Waals surface area contributed by atoms with Crippen LogP contribution in [0.25, 0.3) is 0 Å². The molecule has 0 aliphatic heterocycles. The Labute approximate surface area is 131 Å². The summed E-state index contributed by atoms with van der Waals surface area (Å²) >= 11 is 5.82. The standard InChI is InChI=1S/C14H13ClN4O3/c15-11-7-10(3-4-12(11)19(21)22)14(20)17-13-5-6-16-18(13)8-9-1-2-9/h3-7,9H,1-2,8H2,(H,17,20). The van der Waals surface area contributed by atoms with Gasteiger partial charge in [0.1, 0.15) is 10.8 Å². The summed E-state index contributed by atoms with van der Waals surface area (Å²) in [6.45, 7) is 0.781. The van der Waals surface area contributed by atoms with Crippen LogP contribution in [0.15, 0.2) is 30.5 Å². The molecule has 1 heterocycles. The average molecular weight is 321 g/mol. The summed E-state index contributed by atoms with van der Waals surface area (Å²) in [5, 5.41) is 17.6. The number of nitro benzene ring substituents is 1. The van der Waals surface area contributed by atoms with Crippen molar-refractivity contribution in [3.63, 3.8) is 0 Å². The van der Waals surface area contributed by atoms with Crippen LogP contribution in [0.4, 0.5) is 11.5 Å². The second-order valence-electron chi connectivity index (χ2n) is 5.22. The van der Waals surface area contributed by atoms with Gasteiger partial charge in [0.05, 0.1) is 11.1 Å². The van der Waals surface area contributed by atoms with Crippen molar-refractivity contribution in [2.75, 3.05) is 5.32 Å². The highest BCUT2D eigenvalue weighted by atomic mass is 35.5. The van der Waals surface area contributed by atoms with Gasteiger partial charge in [-0.1, -0.05) is 11.6 Å². The smallest absolute Gasteiger partial charge is 0.287 e. The minimum Gasteiger partial charge on any atom is -0.307 e. The van der Waals surface area contributed by atoms with Gasteiger partial charge in [0.2, 0.25) is 0 Å². The predicted octanol–water partition coefficient (Wildman–Crippen LogP) is 3.11. The number of nitro groups is 1. The molecule has 1 fully saturated rings. The van der Waals surface area contributed by atoms with Crippen molar-refractivity contribution in [3.05, 3.63) is 51.2 Å². The normalized spacial score (nSPS) is 13.9. The van der Waals surface area contributed by atoms with Crippen molar-refractivity contribution in [3.8, 4) is 0 Å². The van der Waals surface area contributed by atoms with Crippen molar-refractivity contribution >= 4 is 29.0 Å². The predicted molar refractivity (Wildman–Crippen MR) is 81.0 cm³/mol. The summed E-state index contributed by atoms with van der Waals surface area (Å²) in [5.74, 6) is 0.852. The lowest BCUT2D eigenvalue weighted by atomic mass is 10.2. The van der Waals surface area contributed by atoms with Gasteiger partial charge in [-0.25, -0.2) is 4.68 Å². The summed E-state index contributed by atoms with van der Waals surface area (Å²) in [6, 6.07) is 5.60. The molecule has 1 aliphatic carbocycles. The fourth-order valence-electron chi connectivity index (χ4n) is 2.11. The van der Waals surface area contributed by atoms with Gasteiger partial charge >= 0.3 is 0 Å². The molecule has 3 rings (SSSR count). The zero-order valence-electron chi connectivity index (χ0n) is 11.5. The molecule has 1 saturated carbocycles. The van der Waals surface area contributed by atoms with E-state index in [1.807, 2.05) is 0 Å². The van der Waals surface area contributed by atoms with Crippen LogP contribution in [-0.2, 0) is 6.54 Å². The monoisotopic (exact) mass is 320 g/mol. The average Bonchev–Trinajstić information content (AvgIpc) is 3.18. The molecule has 2 aromatic rings. The van der Waals surface area contributed by atoms with Gasteiger partial charge in [-0.15, -0.1) is 0 Å². The van der Waals surface area contributed by atoms with E-state index in [2.05, 4.69) is 10.4 Å². The highest BCUT2D eigenvalue weighted by molar-refractivity contribution is 6.33. The fraction of sp³-hybridized carbons (Fsp3) is 0.286. The second kappa shape index (κ2) is 5.76. The summed E-state index contributed by atoms with van der Waals surface area (Å²) in [4.78, 5) is 22.4. The van der Waals surface area contributed by atoms with E-state index in [0.29, 0.717) is 11.7 Å². The maximum absolute atomic E-state index is 12.2. The molecular formula is C14H13ClN4O3. The summed E-state index contributed by atoms with van der Waals surface area (Å²) in [7, 11) is 0. The number of halogens is 1. The third kappa shape index (κ3) is 3.09. The van der Waals surface area contributed by atoms with Gasteiger partial charge in [0, 0.05) is 24.2 Å². The molecule has 1 amide bonds. The molecule has 22 heavy (non-hydrogen) atoms. The molecule has 0 atom stereocenters. The van der Waals surface area contributed by atoms with Crippen molar-refractivity contribution in [1.29, 1.82) is 0 Å². The van der Waals surface area contributed by atoms with Gasteiger partial charge in [0.25, 0.3) is 11.6 Å². The van der Waals surface area contributed by atoms with E-state index >= 15 is 0 Å². The number of carbonyl (C=O) groups excluding carboxylic acids is 1. The van der Waals surface area contributed by atoms with E-state index in [-0.39, 0.29) is 22.2 Å². The zero-order chi connectivity index (χ0) is 15.7. The molecule has 1 N–H and O–H groups in total. The van der Waals surface area contributed by atoms with Crippen LogP contribution in [0.3, 0.4) is 0 Å². The minimum atomic E-state index is -0.589. The Balaban J connectivity index is 1.75. The van der Waals surface area contributed by atoms with Gasteiger partial charge in [-0.3, -0.25) is 14.9 Å². The maximum Gasteiger partial charge on any atom is 0.287 e. The number of aromatic nitrogens is 2. The molecule has 0 radical (unpaired) electrons. The van der Waals surface area contributed by atoms with E-state index < -0.39 is 4.92 Å². The van der Waals surface area contributed by atoms with Gasteiger partial charge in [-0.05, 0) is 30.9 Å². The lowest BCUT2D eigenvalue weighted by molar-refractivity contribution is -0.384. The van der Waals surface area contributed by atoms with Crippen LogP contribution >= 0.6 is 11.6 Å². The number of amides is 1. The minimum absolute atomic E-state index is 0.0656. The van der Waals surface area contributed by atoms with Crippen molar-refractivity contribution in [2.45, 2.75) is 19.4 Å². The number of carbonyl (C=O) groups is 1. The molecule has 0 saturated heterocycles. The van der Waals surface area contributed by atoms with Crippen molar-refractivity contribution < 1.29 is 9.72 Å². The molecule has 8 heteroatoms. The molecule has 1 aromatic heterocycles. The highest BCUT2D eigenvalue weighted by Crippen LogP contribution is 2.31. The van der Waals surface area contributed by atoms with Gasteiger partial charge in [-0.2, -0.15) is 5.10 Å². The summed E-state index contributed by atoms with van der Waals surface area (Å²) in [6.07, 6.45) is 4.00. The third-order valence-electron chi connectivity index (χ3n) is 3.49. The third-order valence-corrected chi connectivity index (χ3v) is 3.80. The Morgan fingerprint density at radius 2 is 2.23 bits per heavy atom. The van der Waals surface area contributed by atoms with Crippen LogP contribution in [0.1, 0.15) is 23.2 Å². The largest absolute Gasteiger partial charge is 0.307 e. The second-order valence-corrected chi connectivity index (χ2v) is 5.63. The van der Waals surface area contributed by atoms with E-state index in [0.717, 1.165) is 6.54 Å². The first-order valence-corrected chi connectivity index (χ1v) is 7.19. The lowest BCUT2D eigenvalue weighted by Gasteiger charge is -2.08. The lowest BCUT2D eigenvalue weighted by Crippen LogP contribution is -2.16. The molecule has 7 nitrogen and oxygen atoms in total. The highest BCUT2D eigenvalue weighted by Gasteiger charge is 2.23. The molecule has 0 unspecified atom stereocenters. The number of nitrogens with one attached hydrogen (secondary N) is 1. The molecule has 0 spiro atoms. The SMILES string of the molecule is O=C(Nc1ccnn1CC1CC1)c1ccc([N+](=O)[O-])c(Cl)c1. The Morgan fingerprint density at radius 1 is 1.45 bits per heavy atom. The van der Waals surface area contributed by atoms with E-state index in [9.17, 15) is 14.9 Å². The van der Waals surface area contributed by atoms with Crippen LogP contribution in [0, 0.1) is 16.0 Å². The Hall–Kier alpha value is -2.41. The Morgan fingerprint density at radius 3 is 2.86 bits per heavy atom. The number of nitrogens with zero attached hydrogens (tertiary/aromatic N) is 3. The summed E-state index contributed by atoms with van der Waals surface area (Å²) in [5.41, 5.74) is 0.0340. The van der Waals surface area contributed by atoms with Gasteiger partial charge in [0.15, 0.2) is 0 Å². The first-order chi connectivity index (χ1) is 10.5. The first kappa shape index (κ1) is 14.5. The van der Waals surface area contributed by atoms with Crippen molar-refractivity contribution in [2.24, 2.45) is 5.92 Å². The first-order valence-electron chi connectivity index (χ1n) is 6.81. The van der Waals surface area contributed by atoms with E-state index in [4.69, 9.17) is 11.6 Å². The maximum atomic E-state index is 12.2. The van der Waals surface area contributed by atoms with Crippen LogP contribution in [-0.4, -0.2) is 20.6 Å². The molecular weight excluding hydrogens is 308 g/mol. The van der Waals surface area contributed by atoms with Crippen molar-refractivity contribution in [1.82, 2.24) is 9.78 Å². The molecule has 0 bridgehead atoms. The molecule has 114 valence electrons. The van der Waals surface area contributed by atoms with Crippen LogP contribution in [0.2, 0.25) is 5.02 Å². The zero-order valence-corrected chi connectivity index (χ0v) is 12.3. The number of anilines is 1. The topological polar surface area (TPSA) is 90.1 Å².